The van der Waals surface area contributed by atoms with Crippen molar-refractivity contribution in [1.82, 2.24) is 9.97 Å². The normalized spacial score (nSPS) is 11.0. The lowest BCUT2D eigenvalue weighted by Crippen LogP contribution is -2.01. The Balaban J connectivity index is 2.28. The number of fused-ring (bicyclic) bond motifs is 1. The van der Waals surface area contributed by atoms with Gasteiger partial charge in [0.05, 0.1) is 28.9 Å². The minimum absolute atomic E-state index is 0.0420. The summed E-state index contributed by atoms with van der Waals surface area (Å²) in [6.07, 6.45) is 0. The molecule has 4 N–H and O–H groups in total. The maximum Gasteiger partial charge on any atom is 0.165 e. The first kappa shape index (κ1) is 15.8. The van der Waals surface area contributed by atoms with Gasteiger partial charge in [-0.2, -0.15) is 0 Å². The second-order valence-corrected chi connectivity index (χ2v) is 6.00. The molecular formula is C15H11BrClFN4O. The molecular weight excluding hydrogens is 387 g/mol. The van der Waals surface area contributed by atoms with Gasteiger partial charge >= 0.3 is 0 Å². The average Bonchev–Trinajstić information content (AvgIpc) is 2.53. The molecule has 0 spiro atoms. The van der Waals surface area contributed by atoms with Gasteiger partial charge in [0.25, 0.3) is 0 Å². The Morgan fingerprint density at radius 1 is 1.22 bits per heavy atom. The first-order valence-electron chi connectivity index (χ1n) is 6.47. The minimum atomic E-state index is -0.623. The Labute approximate surface area is 144 Å². The van der Waals surface area contributed by atoms with E-state index in [0.29, 0.717) is 26.8 Å². The van der Waals surface area contributed by atoms with E-state index in [1.807, 2.05) is 0 Å². The first-order chi connectivity index (χ1) is 10.9. The van der Waals surface area contributed by atoms with Crippen molar-refractivity contribution in [3.63, 3.8) is 0 Å². The summed E-state index contributed by atoms with van der Waals surface area (Å²) in [5.41, 5.74) is 12.9. The largest absolute Gasteiger partial charge is 0.495 e. The molecule has 1 aromatic heterocycles. The lowest BCUT2D eigenvalue weighted by atomic mass is 10.1. The number of hydrogen-bond donors (Lipinski definition) is 2. The third-order valence-electron chi connectivity index (χ3n) is 3.35. The summed E-state index contributed by atoms with van der Waals surface area (Å²) in [4.78, 5) is 8.50. The fourth-order valence-corrected chi connectivity index (χ4v) is 2.66. The number of rotatable bonds is 2. The zero-order valence-corrected chi connectivity index (χ0v) is 14.2. The van der Waals surface area contributed by atoms with E-state index in [1.165, 1.54) is 13.2 Å². The van der Waals surface area contributed by atoms with Crippen LogP contribution in [0.15, 0.2) is 28.7 Å². The van der Waals surface area contributed by atoms with Crippen molar-refractivity contribution in [2.45, 2.75) is 0 Å². The van der Waals surface area contributed by atoms with Gasteiger partial charge in [-0.25, -0.2) is 14.4 Å². The third-order valence-corrected chi connectivity index (χ3v) is 4.61. The minimum Gasteiger partial charge on any atom is -0.495 e. The molecule has 1 heterocycles. The van der Waals surface area contributed by atoms with Gasteiger partial charge in [0.15, 0.2) is 11.6 Å². The molecule has 3 aromatic rings. The number of benzene rings is 2. The second-order valence-electron chi connectivity index (χ2n) is 4.77. The van der Waals surface area contributed by atoms with Crippen LogP contribution in [-0.4, -0.2) is 17.1 Å². The molecule has 3 rings (SSSR count). The number of aromatic nitrogens is 2. The third kappa shape index (κ3) is 2.66. The van der Waals surface area contributed by atoms with E-state index in [4.69, 9.17) is 27.8 Å². The van der Waals surface area contributed by atoms with Crippen molar-refractivity contribution in [1.29, 1.82) is 0 Å². The molecule has 0 saturated heterocycles. The highest BCUT2D eigenvalue weighted by Crippen LogP contribution is 2.34. The Morgan fingerprint density at radius 2 is 1.96 bits per heavy atom. The molecule has 0 fully saturated rings. The van der Waals surface area contributed by atoms with E-state index in [9.17, 15) is 4.39 Å². The van der Waals surface area contributed by atoms with Gasteiger partial charge in [-0.05, 0) is 34.1 Å². The molecule has 0 aliphatic heterocycles. The molecule has 0 amide bonds. The molecule has 5 nitrogen and oxygen atoms in total. The van der Waals surface area contributed by atoms with Crippen LogP contribution >= 0.6 is 27.5 Å². The van der Waals surface area contributed by atoms with Crippen LogP contribution in [0.25, 0.3) is 22.3 Å². The van der Waals surface area contributed by atoms with E-state index in [2.05, 4.69) is 25.9 Å². The van der Waals surface area contributed by atoms with Crippen molar-refractivity contribution in [3.8, 4) is 17.1 Å². The lowest BCUT2D eigenvalue weighted by Gasteiger charge is -2.10. The maximum atomic E-state index is 14.4. The lowest BCUT2D eigenvalue weighted by molar-refractivity contribution is 0.417. The summed E-state index contributed by atoms with van der Waals surface area (Å²) >= 11 is 9.08. The Kier molecular flexibility index (Phi) is 3.99. The SMILES string of the molecule is COc1cc2nc(-c3ccc(Br)c(Cl)c3F)nc(N)c2cc1N. The average molecular weight is 398 g/mol. The second kappa shape index (κ2) is 5.82. The zero-order valence-electron chi connectivity index (χ0n) is 11.9. The highest BCUT2D eigenvalue weighted by Gasteiger charge is 2.16. The van der Waals surface area contributed by atoms with Crippen molar-refractivity contribution < 1.29 is 9.13 Å². The highest BCUT2D eigenvalue weighted by atomic mass is 79.9. The number of methoxy groups -OCH3 is 1. The molecule has 23 heavy (non-hydrogen) atoms. The molecule has 0 aliphatic rings. The van der Waals surface area contributed by atoms with E-state index in [-0.39, 0.29) is 22.2 Å². The molecule has 0 unspecified atom stereocenters. The quantitative estimate of drug-likeness (QED) is 0.504. The smallest absolute Gasteiger partial charge is 0.165 e. The summed E-state index contributed by atoms with van der Waals surface area (Å²) < 4.78 is 20.0. The number of nitrogen functional groups attached to an aromatic ring is 2. The summed E-state index contributed by atoms with van der Waals surface area (Å²) in [6, 6.07) is 6.40. The zero-order chi connectivity index (χ0) is 16.7. The topological polar surface area (TPSA) is 87.0 Å². The van der Waals surface area contributed by atoms with Gasteiger partial charge < -0.3 is 16.2 Å². The van der Waals surface area contributed by atoms with Crippen LogP contribution in [0.2, 0.25) is 5.02 Å². The molecule has 2 aromatic carbocycles. The number of nitrogens with zero attached hydrogens (tertiary/aromatic N) is 2. The number of anilines is 2. The first-order valence-corrected chi connectivity index (χ1v) is 7.64. The summed E-state index contributed by atoms with van der Waals surface area (Å²) in [5.74, 6) is 0.157. The summed E-state index contributed by atoms with van der Waals surface area (Å²) in [7, 11) is 1.50. The molecule has 0 radical (unpaired) electrons. The van der Waals surface area contributed by atoms with Gasteiger partial charge in [-0.3, -0.25) is 0 Å². The number of halogens is 3. The van der Waals surface area contributed by atoms with Crippen molar-refractivity contribution >= 4 is 49.9 Å². The molecule has 0 saturated carbocycles. The highest BCUT2D eigenvalue weighted by molar-refractivity contribution is 9.10. The predicted octanol–water partition coefficient (Wildman–Crippen LogP) is 4.02. The van der Waals surface area contributed by atoms with Crippen LogP contribution in [0.1, 0.15) is 0 Å². The molecule has 0 bridgehead atoms. The molecule has 118 valence electrons. The standard InChI is InChI=1S/C15H11BrClFN4O/c1-23-11-5-10-7(4-9(11)19)14(20)22-15(21-10)6-2-3-8(16)12(17)13(6)18/h2-5H,19H2,1H3,(H2,20,21,22). The van der Waals surface area contributed by atoms with Crippen molar-refractivity contribution in [2.75, 3.05) is 18.6 Å². The molecule has 0 atom stereocenters. The van der Waals surface area contributed by atoms with Crippen LogP contribution in [0.5, 0.6) is 5.75 Å². The maximum absolute atomic E-state index is 14.4. The van der Waals surface area contributed by atoms with Gasteiger partial charge in [-0.1, -0.05) is 11.6 Å². The van der Waals surface area contributed by atoms with Gasteiger partial charge in [0.2, 0.25) is 0 Å². The molecule has 8 heteroatoms. The Morgan fingerprint density at radius 3 is 2.65 bits per heavy atom. The van der Waals surface area contributed by atoms with Gasteiger partial charge in [-0.15, -0.1) is 0 Å². The van der Waals surface area contributed by atoms with E-state index >= 15 is 0 Å². The van der Waals surface area contributed by atoms with Crippen LogP contribution in [0, 0.1) is 5.82 Å². The Bertz CT molecular complexity index is 935. The number of nitrogens with two attached hydrogens (primary N) is 2. The monoisotopic (exact) mass is 396 g/mol. The fourth-order valence-electron chi connectivity index (χ4n) is 2.19. The van der Waals surface area contributed by atoms with Gasteiger partial charge in [0, 0.05) is 15.9 Å². The van der Waals surface area contributed by atoms with Gasteiger partial charge in [0.1, 0.15) is 11.6 Å². The van der Waals surface area contributed by atoms with E-state index < -0.39 is 5.82 Å². The van der Waals surface area contributed by atoms with Crippen LogP contribution in [0.4, 0.5) is 15.9 Å². The van der Waals surface area contributed by atoms with Crippen molar-refractivity contribution in [2.24, 2.45) is 0 Å². The van der Waals surface area contributed by atoms with Crippen LogP contribution < -0.4 is 16.2 Å². The van der Waals surface area contributed by atoms with E-state index in [1.54, 1.807) is 18.2 Å². The summed E-state index contributed by atoms with van der Waals surface area (Å²) in [5, 5.41) is 0.523. The van der Waals surface area contributed by atoms with Crippen LogP contribution in [0.3, 0.4) is 0 Å². The van der Waals surface area contributed by atoms with Crippen molar-refractivity contribution in [3.05, 3.63) is 39.6 Å². The number of ether oxygens (including phenoxy) is 1. The fraction of sp³-hybridized carbons (Fsp3) is 0.0667. The Hall–Kier alpha value is -2.12. The van der Waals surface area contributed by atoms with Crippen LogP contribution in [-0.2, 0) is 0 Å². The number of hydrogen-bond acceptors (Lipinski definition) is 5. The predicted molar refractivity (Wildman–Crippen MR) is 93.0 cm³/mol. The van der Waals surface area contributed by atoms with E-state index in [0.717, 1.165) is 0 Å². The molecule has 0 aliphatic carbocycles. The summed E-state index contributed by atoms with van der Waals surface area (Å²) in [6.45, 7) is 0.